The lowest BCUT2D eigenvalue weighted by Crippen LogP contribution is -2.49. The number of hydrogen-bond donors (Lipinski definition) is 0. The van der Waals surface area contributed by atoms with E-state index in [1.165, 1.54) is 38.1 Å². The summed E-state index contributed by atoms with van der Waals surface area (Å²) in [6, 6.07) is 1.37. The lowest BCUT2D eigenvalue weighted by molar-refractivity contribution is 0.0245. The molecule has 1 saturated heterocycles. The summed E-state index contributed by atoms with van der Waals surface area (Å²) in [7, 11) is -1.29. The van der Waals surface area contributed by atoms with Crippen LogP contribution in [0.1, 0.15) is 39.0 Å². The molecule has 0 aromatic carbocycles. The normalized spacial score (nSPS) is 36.7. The van der Waals surface area contributed by atoms with E-state index in [4.69, 9.17) is 4.43 Å². The van der Waals surface area contributed by atoms with E-state index in [1.54, 1.807) is 0 Å². The van der Waals surface area contributed by atoms with Gasteiger partial charge in [0.25, 0.3) is 0 Å². The van der Waals surface area contributed by atoms with E-state index in [9.17, 15) is 0 Å². The molecule has 1 unspecified atom stereocenters. The maximum Gasteiger partial charge on any atom is 0.187 e. The van der Waals surface area contributed by atoms with Crippen LogP contribution in [0.25, 0.3) is 0 Å². The van der Waals surface area contributed by atoms with Crippen molar-refractivity contribution in [1.82, 2.24) is 0 Å². The molecule has 0 amide bonds. The van der Waals surface area contributed by atoms with Crippen LogP contribution in [0.4, 0.5) is 0 Å². The standard InChI is InChI=1S/C11H22OSi/c1-10-8-11(6-4-5-7-11)12-13(2,3)9-10/h10H,4-9H2,1-3H3. The second kappa shape index (κ2) is 3.09. The van der Waals surface area contributed by atoms with E-state index in [2.05, 4.69) is 20.0 Å². The summed E-state index contributed by atoms with van der Waals surface area (Å²) < 4.78 is 6.43. The summed E-state index contributed by atoms with van der Waals surface area (Å²) in [6.07, 6.45) is 6.82. The van der Waals surface area contributed by atoms with E-state index in [0.29, 0.717) is 5.60 Å². The first-order valence-corrected chi connectivity index (χ1v) is 8.83. The molecule has 0 aromatic heterocycles. The molecular formula is C11H22OSi. The summed E-state index contributed by atoms with van der Waals surface area (Å²) in [6.45, 7) is 7.20. The predicted molar refractivity (Wildman–Crippen MR) is 58.4 cm³/mol. The zero-order valence-electron chi connectivity index (χ0n) is 9.23. The van der Waals surface area contributed by atoms with Crippen LogP contribution in [0.2, 0.25) is 19.1 Å². The van der Waals surface area contributed by atoms with Gasteiger partial charge in [0, 0.05) is 0 Å². The Morgan fingerprint density at radius 2 is 1.85 bits per heavy atom. The van der Waals surface area contributed by atoms with Crippen LogP contribution in [0, 0.1) is 5.92 Å². The highest BCUT2D eigenvalue weighted by atomic mass is 28.4. The van der Waals surface area contributed by atoms with Gasteiger partial charge in [-0.1, -0.05) is 19.8 Å². The van der Waals surface area contributed by atoms with Gasteiger partial charge in [0.05, 0.1) is 5.60 Å². The van der Waals surface area contributed by atoms with Gasteiger partial charge >= 0.3 is 0 Å². The molecule has 1 saturated carbocycles. The fraction of sp³-hybridized carbons (Fsp3) is 1.00. The van der Waals surface area contributed by atoms with Gasteiger partial charge in [-0.05, 0) is 44.3 Å². The maximum atomic E-state index is 6.43. The van der Waals surface area contributed by atoms with E-state index in [-0.39, 0.29) is 0 Å². The summed E-state index contributed by atoms with van der Waals surface area (Å²) in [5, 5.41) is 0. The first kappa shape index (κ1) is 9.72. The zero-order chi connectivity index (χ0) is 9.53. The van der Waals surface area contributed by atoms with Crippen LogP contribution in [0.15, 0.2) is 0 Å². The Bertz CT molecular complexity index is 194. The molecule has 1 aliphatic carbocycles. The third-order valence-corrected chi connectivity index (χ3v) is 6.23. The summed E-state index contributed by atoms with van der Waals surface area (Å²) in [5.41, 5.74) is 0.341. The van der Waals surface area contributed by atoms with Gasteiger partial charge < -0.3 is 4.43 Å². The minimum Gasteiger partial charge on any atom is -0.412 e. The van der Waals surface area contributed by atoms with Gasteiger partial charge in [-0.3, -0.25) is 0 Å². The minimum atomic E-state index is -1.29. The van der Waals surface area contributed by atoms with Crippen molar-refractivity contribution in [3.05, 3.63) is 0 Å². The average molecular weight is 198 g/mol. The van der Waals surface area contributed by atoms with Crippen molar-refractivity contribution in [2.45, 2.75) is 63.8 Å². The molecule has 76 valence electrons. The van der Waals surface area contributed by atoms with Gasteiger partial charge in [0.15, 0.2) is 8.32 Å². The molecule has 2 heteroatoms. The second-order valence-corrected chi connectivity index (χ2v) is 9.90. The molecule has 13 heavy (non-hydrogen) atoms. The van der Waals surface area contributed by atoms with Crippen LogP contribution in [0.3, 0.4) is 0 Å². The Morgan fingerprint density at radius 3 is 2.38 bits per heavy atom. The van der Waals surface area contributed by atoms with Crippen LogP contribution < -0.4 is 0 Å². The van der Waals surface area contributed by atoms with Crippen LogP contribution in [-0.2, 0) is 4.43 Å². The van der Waals surface area contributed by atoms with E-state index in [0.717, 1.165) is 5.92 Å². The highest BCUT2D eigenvalue weighted by Gasteiger charge is 2.45. The lowest BCUT2D eigenvalue weighted by Gasteiger charge is -2.45. The molecule has 1 aliphatic heterocycles. The largest absolute Gasteiger partial charge is 0.412 e. The Kier molecular flexibility index (Phi) is 2.31. The van der Waals surface area contributed by atoms with Crippen molar-refractivity contribution in [2.75, 3.05) is 0 Å². The van der Waals surface area contributed by atoms with Crippen molar-refractivity contribution < 1.29 is 4.43 Å². The molecule has 0 bridgehead atoms. The Morgan fingerprint density at radius 1 is 1.23 bits per heavy atom. The quantitative estimate of drug-likeness (QED) is 0.541. The van der Waals surface area contributed by atoms with Crippen LogP contribution in [0.5, 0.6) is 0 Å². The Hall–Kier alpha value is 0.177. The fourth-order valence-corrected chi connectivity index (χ4v) is 6.91. The highest BCUT2D eigenvalue weighted by molar-refractivity contribution is 6.71. The summed E-state index contributed by atoms with van der Waals surface area (Å²) >= 11 is 0. The summed E-state index contributed by atoms with van der Waals surface area (Å²) in [4.78, 5) is 0. The topological polar surface area (TPSA) is 9.23 Å². The molecule has 2 rings (SSSR count). The van der Waals surface area contributed by atoms with E-state index >= 15 is 0 Å². The fourth-order valence-electron chi connectivity index (χ4n) is 3.54. The van der Waals surface area contributed by atoms with Crippen molar-refractivity contribution in [3.63, 3.8) is 0 Å². The minimum absolute atomic E-state index is 0.341. The molecule has 1 nitrogen and oxygen atoms in total. The van der Waals surface area contributed by atoms with Crippen molar-refractivity contribution in [1.29, 1.82) is 0 Å². The highest BCUT2D eigenvalue weighted by Crippen LogP contribution is 2.46. The molecule has 2 aliphatic rings. The predicted octanol–water partition coefficient (Wildman–Crippen LogP) is 3.56. The van der Waals surface area contributed by atoms with Crippen LogP contribution in [-0.4, -0.2) is 13.9 Å². The molecular weight excluding hydrogens is 176 g/mol. The second-order valence-electron chi connectivity index (χ2n) is 5.77. The SMILES string of the molecule is CC1CC2(CCCC2)O[Si](C)(C)C1. The molecule has 0 aromatic rings. The first-order chi connectivity index (χ1) is 6.02. The average Bonchev–Trinajstić information content (AvgIpc) is 2.31. The van der Waals surface area contributed by atoms with Gasteiger partial charge in [0.2, 0.25) is 0 Å². The first-order valence-electron chi connectivity index (χ1n) is 5.72. The zero-order valence-corrected chi connectivity index (χ0v) is 10.2. The monoisotopic (exact) mass is 198 g/mol. The van der Waals surface area contributed by atoms with Crippen molar-refractivity contribution in [2.24, 2.45) is 5.92 Å². The number of rotatable bonds is 0. The third-order valence-electron chi connectivity index (χ3n) is 3.57. The van der Waals surface area contributed by atoms with Gasteiger partial charge in [-0.15, -0.1) is 0 Å². The third kappa shape index (κ3) is 1.99. The lowest BCUT2D eigenvalue weighted by atomic mass is 9.91. The van der Waals surface area contributed by atoms with Gasteiger partial charge in [0.1, 0.15) is 0 Å². The maximum absolute atomic E-state index is 6.43. The molecule has 0 N–H and O–H groups in total. The van der Waals surface area contributed by atoms with E-state index in [1.807, 2.05) is 0 Å². The van der Waals surface area contributed by atoms with Gasteiger partial charge in [-0.25, -0.2) is 0 Å². The summed E-state index contributed by atoms with van der Waals surface area (Å²) in [5.74, 6) is 0.911. The van der Waals surface area contributed by atoms with Gasteiger partial charge in [-0.2, -0.15) is 0 Å². The molecule has 1 heterocycles. The Balaban J connectivity index is 2.12. The van der Waals surface area contributed by atoms with Crippen molar-refractivity contribution >= 4 is 8.32 Å². The smallest absolute Gasteiger partial charge is 0.187 e. The van der Waals surface area contributed by atoms with E-state index < -0.39 is 8.32 Å². The van der Waals surface area contributed by atoms with Crippen LogP contribution >= 0.6 is 0 Å². The molecule has 2 fully saturated rings. The van der Waals surface area contributed by atoms with Crippen molar-refractivity contribution in [3.8, 4) is 0 Å². The molecule has 1 atom stereocenters. The molecule has 0 radical (unpaired) electrons. The molecule has 1 spiro atoms. The number of hydrogen-bond acceptors (Lipinski definition) is 1. The Labute approximate surface area is 83.0 Å².